The number of carbonyl (C=O) groups excluding carboxylic acids is 1. The van der Waals surface area contributed by atoms with Crippen LogP contribution >= 0.6 is 11.3 Å². The van der Waals surface area contributed by atoms with E-state index in [2.05, 4.69) is 5.32 Å². The molecule has 1 unspecified atom stereocenters. The van der Waals surface area contributed by atoms with E-state index in [1.807, 2.05) is 27.7 Å². The van der Waals surface area contributed by atoms with Crippen molar-refractivity contribution in [1.82, 2.24) is 5.32 Å². The predicted molar refractivity (Wildman–Crippen MR) is 77.5 cm³/mol. The molecule has 1 amide bonds. The van der Waals surface area contributed by atoms with Crippen LogP contribution < -0.4 is 5.32 Å². The number of nitrogens with one attached hydrogen (secondary N) is 1. The third-order valence-corrected chi connectivity index (χ3v) is 4.12. The first-order valence-corrected chi connectivity index (χ1v) is 6.95. The maximum Gasteiger partial charge on any atom is 0.328 e. The minimum absolute atomic E-state index is 0.105. The van der Waals surface area contributed by atoms with E-state index < -0.39 is 5.97 Å². The summed E-state index contributed by atoms with van der Waals surface area (Å²) in [5.41, 5.74) is 0.907. The average molecular weight is 281 g/mol. The zero-order chi connectivity index (χ0) is 14.6. The minimum atomic E-state index is -0.993. The fourth-order valence-electron chi connectivity index (χ4n) is 1.37. The number of thiophene rings is 1. The number of hydrogen-bond acceptors (Lipinski definition) is 3. The molecule has 104 valence electrons. The van der Waals surface area contributed by atoms with Gasteiger partial charge < -0.3 is 10.4 Å². The number of aliphatic carboxylic acids is 1. The molecule has 0 aliphatic carbocycles. The van der Waals surface area contributed by atoms with Crippen LogP contribution in [0.3, 0.4) is 0 Å². The number of rotatable bonds is 5. The van der Waals surface area contributed by atoms with Crippen molar-refractivity contribution in [3.8, 4) is 0 Å². The van der Waals surface area contributed by atoms with Crippen LogP contribution in [-0.2, 0) is 4.79 Å². The van der Waals surface area contributed by atoms with Gasteiger partial charge in [0.25, 0.3) is 5.91 Å². The lowest BCUT2D eigenvalue weighted by atomic mass is 10.1. The molecule has 1 rings (SSSR count). The molecule has 1 aromatic heterocycles. The van der Waals surface area contributed by atoms with Crippen LogP contribution in [0, 0.1) is 12.8 Å². The van der Waals surface area contributed by atoms with Crippen molar-refractivity contribution in [3.05, 3.63) is 27.5 Å². The first-order chi connectivity index (χ1) is 8.81. The normalized spacial score (nSPS) is 12.9. The molecule has 0 aromatic carbocycles. The molecule has 0 saturated heterocycles. The number of aryl methyl sites for hydroxylation is 1. The van der Waals surface area contributed by atoms with Crippen molar-refractivity contribution in [3.63, 3.8) is 0 Å². The van der Waals surface area contributed by atoms with Gasteiger partial charge in [0, 0.05) is 17.0 Å². The third-order valence-electron chi connectivity index (χ3n) is 2.92. The maximum atomic E-state index is 12.0. The van der Waals surface area contributed by atoms with Gasteiger partial charge in [0.2, 0.25) is 0 Å². The Kier molecular flexibility index (Phi) is 5.30. The number of carboxylic acids is 1. The molecule has 0 radical (unpaired) electrons. The molecule has 0 fully saturated rings. The summed E-state index contributed by atoms with van der Waals surface area (Å²) in [6.07, 6.45) is 2.60. The van der Waals surface area contributed by atoms with E-state index in [4.69, 9.17) is 5.11 Å². The molecule has 1 atom stereocenters. The number of carbonyl (C=O) groups is 2. The Balaban J connectivity index is 2.83. The Hall–Kier alpha value is -1.62. The second kappa shape index (κ2) is 6.52. The van der Waals surface area contributed by atoms with Crippen LogP contribution in [0.5, 0.6) is 0 Å². The maximum absolute atomic E-state index is 12.0. The Labute approximate surface area is 117 Å². The molecule has 0 spiro atoms. The predicted octanol–water partition coefficient (Wildman–Crippen LogP) is 2.93. The molecule has 0 aliphatic heterocycles. The smallest absolute Gasteiger partial charge is 0.328 e. The molecular formula is C14H19NO3S. The highest BCUT2D eigenvalue weighted by molar-refractivity contribution is 7.15. The van der Waals surface area contributed by atoms with Crippen LogP contribution in [0.1, 0.15) is 40.9 Å². The highest BCUT2D eigenvalue weighted by Crippen LogP contribution is 2.23. The van der Waals surface area contributed by atoms with E-state index >= 15 is 0 Å². The van der Waals surface area contributed by atoms with Gasteiger partial charge >= 0.3 is 5.97 Å². The summed E-state index contributed by atoms with van der Waals surface area (Å²) >= 11 is 1.30. The molecule has 1 heterocycles. The molecule has 19 heavy (non-hydrogen) atoms. The van der Waals surface area contributed by atoms with E-state index in [-0.39, 0.29) is 11.9 Å². The largest absolute Gasteiger partial charge is 0.478 e. The zero-order valence-electron chi connectivity index (χ0n) is 11.6. The summed E-state index contributed by atoms with van der Waals surface area (Å²) in [6.45, 7) is 7.92. The van der Waals surface area contributed by atoms with Gasteiger partial charge in [-0.2, -0.15) is 0 Å². The Morgan fingerprint density at radius 1 is 1.37 bits per heavy atom. The van der Waals surface area contributed by atoms with Gasteiger partial charge in [-0.25, -0.2) is 4.79 Å². The van der Waals surface area contributed by atoms with Gasteiger partial charge in [0.05, 0.1) is 4.88 Å². The van der Waals surface area contributed by atoms with Gasteiger partial charge in [-0.1, -0.05) is 13.8 Å². The average Bonchev–Trinajstić information content (AvgIpc) is 2.67. The first-order valence-electron chi connectivity index (χ1n) is 6.13. The number of hydrogen-bond donors (Lipinski definition) is 2. The lowest BCUT2D eigenvalue weighted by Gasteiger charge is -2.16. The fraction of sp³-hybridized carbons (Fsp3) is 0.429. The van der Waals surface area contributed by atoms with E-state index in [0.29, 0.717) is 10.8 Å². The summed E-state index contributed by atoms with van der Waals surface area (Å²) in [6, 6.07) is 1.89. The molecule has 0 aliphatic rings. The quantitative estimate of drug-likeness (QED) is 0.815. The number of amides is 1. The summed E-state index contributed by atoms with van der Waals surface area (Å²) < 4.78 is 0. The summed E-state index contributed by atoms with van der Waals surface area (Å²) in [4.78, 5) is 23.9. The molecule has 5 heteroatoms. The van der Waals surface area contributed by atoms with Crippen molar-refractivity contribution in [1.29, 1.82) is 0 Å². The summed E-state index contributed by atoms with van der Waals surface area (Å²) in [5.74, 6) is -0.729. The fourth-order valence-corrected chi connectivity index (χ4v) is 2.35. The first kappa shape index (κ1) is 15.4. The highest BCUT2D eigenvalue weighted by Gasteiger charge is 2.15. The molecule has 4 nitrogen and oxygen atoms in total. The molecule has 0 saturated carbocycles. The standard InChI is InChI=1S/C14H19NO3S/c1-8(2)10(4)15-14(18)12-7-9(3)11(19-12)5-6-13(16)17/h5-8,10H,1-4H3,(H,15,18)(H,16,17). The monoisotopic (exact) mass is 281 g/mol. The molecule has 0 bridgehead atoms. The van der Waals surface area contributed by atoms with Crippen LogP contribution in [0.4, 0.5) is 0 Å². The SMILES string of the molecule is Cc1cc(C(=O)NC(C)C(C)C)sc1C=CC(=O)O. The minimum Gasteiger partial charge on any atom is -0.478 e. The van der Waals surface area contributed by atoms with Crippen molar-refractivity contribution in [2.75, 3.05) is 0 Å². The lowest BCUT2D eigenvalue weighted by Crippen LogP contribution is -2.35. The van der Waals surface area contributed by atoms with E-state index in [0.717, 1.165) is 16.5 Å². The topological polar surface area (TPSA) is 66.4 Å². The molecular weight excluding hydrogens is 262 g/mol. The van der Waals surface area contributed by atoms with Crippen LogP contribution in [0.25, 0.3) is 6.08 Å². The second-order valence-electron chi connectivity index (χ2n) is 4.84. The van der Waals surface area contributed by atoms with E-state index in [1.165, 1.54) is 17.4 Å². The van der Waals surface area contributed by atoms with Gasteiger partial charge in [-0.3, -0.25) is 4.79 Å². The summed E-state index contributed by atoms with van der Waals surface area (Å²) in [5, 5.41) is 11.5. The second-order valence-corrected chi connectivity index (χ2v) is 5.92. The van der Waals surface area contributed by atoms with Crippen molar-refractivity contribution >= 4 is 29.3 Å². The van der Waals surface area contributed by atoms with Crippen molar-refractivity contribution < 1.29 is 14.7 Å². The summed E-state index contributed by atoms with van der Waals surface area (Å²) in [7, 11) is 0. The van der Waals surface area contributed by atoms with Crippen LogP contribution in [0.2, 0.25) is 0 Å². The number of carboxylic acid groups (broad SMARTS) is 1. The lowest BCUT2D eigenvalue weighted by molar-refractivity contribution is -0.131. The van der Waals surface area contributed by atoms with Crippen LogP contribution in [-0.4, -0.2) is 23.0 Å². The van der Waals surface area contributed by atoms with Gasteiger partial charge in [-0.15, -0.1) is 11.3 Å². The van der Waals surface area contributed by atoms with E-state index in [9.17, 15) is 9.59 Å². The van der Waals surface area contributed by atoms with Gasteiger partial charge in [0.1, 0.15) is 0 Å². The van der Waals surface area contributed by atoms with Crippen molar-refractivity contribution in [2.24, 2.45) is 5.92 Å². The van der Waals surface area contributed by atoms with Gasteiger partial charge in [0.15, 0.2) is 0 Å². The Morgan fingerprint density at radius 3 is 2.53 bits per heavy atom. The zero-order valence-corrected chi connectivity index (χ0v) is 12.4. The van der Waals surface area contributed by atoms with Crippen LogP contribution in [0.15, 0.2) is 12.1 Å². The molecule has 1 aromatic rings. The molecule has 2 N–H and O–H groups in total. The van der Waals surface area contributed by atoms with E-state index in [1.54, 1.807) is 6.07 Å². The van der Waals surface area contributed by atoms with Gasteiger partial charge in [-0.05, 0) is 37.5 Å². The Bertz CT molecular complexity index is 503. The third kappa shape index (κ3) is 4.52. The Morgan fingerprint density at radius 2 is 2.00 bits per heavy atom. The van der Waals surface area contributed by atoms with Crippen molar-refractivity contribution in [2.45, 2.75) is 33.7 Å². The highest BCUT2D eigenvalue weighted by atomic mass is 32.1.